The van der Waals surface area contributed by atoms with Gasteiger partial charge in [-0.1, -0.05) is 11.3 Å². The van der Waals surface area contributed by atoms with E-state index in [9.17, 15) is 18.0 Å². The van der Waals surface area contributed by atoms with Crippen molar-refractivity contribution in [1.82, 2.24) is 9.88 Å². The van der Waals surface area contributed by atoms with Gasteiger partial charge >= 0.3 is 6.18 Å². The van der Waals surface area contributed by atoms with Crippen LogP contribution in [0.25, 0.3) is 10.2 Å². The van der Waals surface area contributed by atoms with Crippen LogP contribution < -0.4 is 5.32 Å². The number of fused-ring (bicyclic) bond motifs is 1. The van der Waals surface area contributed by atoms with Crippen molar-refractivity contribution in [3.63, 3.8) is 0 Å². The maximum Gasteiger partial charge on any atom is 0.416 e. The maximum atomic E-state index is 12.6. The molecule has 0 bridgehead atoms. The largest absolute Gasteiger partial charge is 0.416 e. The summed E-state index contributed by atoms with van der Waals surface area (Å²) < 4.78 is 38.5. The first-order valence-electron chi connectivity index (χ1n) is 6.27. The van der Waals surface area contributed by atoms with E-state index < -0.39 is 11.7 Å². The molecule has 0 unspecified atom stereocenters. The first-order valence-corrected chi connectivity index (χ1v) is 7.08. The molecule has 4 nitrogen and oxygen atoms in total. The number of anilines is 1. The minimum absolute atomic E-state index is 0.0658. The molecule has 1 heterocycles. The molecule has 114 valence electrons. The zero-order chi connectivity index (χ0) is 15.6. The maximum absolute atomic E-state index is 12.6. The molecule has 1 aromatic carbocycles. The number of carbonyl (C=O) groups is 1. The van der Waals surface area contributed by atoms with Gasteiger partial charge in [0.15, 0.2) is 5.13 Å². The number of aromatic nitrogens is 1. The summed E-state index contributed by atoms with van der Waals surface area (Å²) in [6, 6.07) is 3.43. The predicted molar refractivity (Wildman–Crippen MR) is 76.4 cm³/mol. The van der Waals surface area contributed by atoms with Crippen LogP contribution in [0.15, 0.2) is 18.2 Å². The molecular formula is C13H14F3N3OS. The lowest BCUT2D eigenvalue weighted by Gasteiger charge is -2.14. The molecule has 0 aliphatic carbocycles. The molecule has 1 aromatic heterocycles. The summed E-state index contributed by atoms with van der Waals surface area (Å²) in [5.41, 5.74) is -0.456. The fourth-order valence-corrected chi connectivity index (χ4v) is 2.48. The highest BCUT2D eigenvalue weighted by Gasteiger charge is 2.30. The summed E-state index contributed by atoms with van der Waals surface area (Å²) in [4.78, 5) is 17.3. The molecule has 0 aliphatic rings. The lowest BCUT2D eigenvalue weighted by Crippen LogP contribution is -2.31. The summed E-state index contributed by atoms with van der Waals surface area (Å²) in [5, 5.41) is 3.27. The van der Waals surface area contributed by atoms with E-state index in [1.807, 2.05) is 6.92 Å². The number of rotatable bonds is 4. The first-order chi connectivity index (χ1) is 9.81. The van der Waals surface area contributed by atoms with Gasteiger partial charge in [-0.15, -0.1) is 0 Å². The van der Waals surface area contributed by atoms with E-state index >= 15 is 0 Å². The Morgan fingerprint density at radius 1 is 1.43 bits per heavy atom. The molecular weight excluding hydrogens is 303 g/mol. The molecule has 0 radical (unpaired) electrons. The van der Waals surface area contributed by atoms with Gasteiger partial charge in [0.1, 0.15) is 0 Å². The molecule has 0 saturated heterocycles. The average molecular weight is 317 g/mol. The van der Waals surface area contributed by atoms with Crippen LogP contribution in [-0.4, -0.2) is 35.9 Å². The third-order valence-corrected chi connectivity index (χ3v) is 4.00. The van der Waals surface area contributed by atoms with Crippen LogP contribution in [0, 0.1) is 0 Å². The minimum Gasteiger partial charge on any atom is -0.352 e. The smallest absolute Gasteiger partial charge is 0.352 e. The van der Waals surface area contributed by atoms with E-state index in [2.05, 4.69) is 10.3 Å². The summed E-state index contributed by atoms with van der Waals surface area (Å²) in [5.74, 6) is -0.104. The van der Waals surface area contributed by atoms with E-state index in [4.69, 9.17) is 0 Å². The van der Waals surface area contributed by atoms with Crippen molar-refractivity contribution in [2.45, 2.75) is 13.1 Å². The van der Waals surface area contributed by atoms with Gasteiger partial charge in [0.05, 0.1) is 22.3 Å². The number of amides is 1. The number of likely N-dealkylation sites (N-methyl/N-ethyl adjacent to an activating group) is 1. The van der Waals surface area contributed by atoms with Gasteiger partial charge in [-0.2, -0.15) is 13.2 Å². The standard InChI is InChI=1S/C13H14F3N3OS/c1-3-19(2)11(20)7-17-12-18-9-6-8(13(14,15)16)4-5-10(9)21-12/h4-6H,3,7H2,1-2H3,(H,17,18). The second-order valence-electron chi connectivity index (χ2n) is 4.46. The zero-order valence-corrected chi connectivity index (χ0v) is 12.3. The SMILES string of the molecule is CCN(C)C(=O)CNc1nc2cc(C(F)(F)F)ccc2s1. The van der Waals surface area contributed by atoms with Crippen LogP contribution in [0.4, 0.5) is 18.3 Å². The molecule has 1 amide bonds. The second-order valence-corrected chi connectivity index (χ2v) is 5.49. The Morgan fingerprint density at radius 2 is 2.14 bits per heavy atom. The van der Waals surface area contributed by atoms with Crippen molar-refractivity contribution < 1.29 is 18.0 Å². The molecule has 0 spiro atoms. The number of nitrogens with one attached hydrogen (secondary N) is 1. The highest BCUT2D eigenvalue weighted by Crippen LogP contribution is 2.33. The van der Waals surface area contributed by atoms with E-state index in [0.717, 1.165) is 12.1 Å². The number of carbonyl (C=O) groups excluding carboxylic acids is 1. The number of hydrogen-bond donors (Lipinski definition) is 1. The van der Waals surface area contributed by atoms with Crippen LogP contribution in [0.2, 0.25) is 0 Å². The Kier molecular flexibility index (Phi) is 4.36. The zero-order valence-electron chi connectivity index (χ0n) is 11.5. The molecule has 0 saturated carbocycles. The number of thiazole rings is 1. The molecule has 0 atom stereocenters. The van der Waals surface area contributed by atoms with Crippen molar-refractivity contribution in [3.05, 3.63) is 23.8 Å². The summed E-state index contributed by atoms with van der Waals surface area (Å²) >= 11 is 1.22. The minimum atomic E-state index is -4.38. The molecule has 0 aliphatic heterocycles. The van der Waals surface area contributed by atoms with Crippen molar-refractivity contribution in [1.29, 1.82) is 0 Å². The van der Waals surface area contributed by atoms with Crippen molar-refractivity contribution >= 4 is 32.6 Å². The fourth-order valence-electron chi connectivity index (χ4n) is 1.64. The number of halogens is 3. The van der Waals surface area contributed by atoms with E-state index in [0.29, 0.717) is 16.4 Å². The van der Waals surface area contributed by atoms with Gasteiger partial charge in [-0.25, -0.2) is 4.98 Å². The quantitative estimate of drug-likeness (QED) is 0.942. The molecule has 1 N–H and O–H groups in total. The monoisotopic (exact) mass is 317 g/mol. The second kappa shape index (κ2) is 5.88. The van der Waals surface area contributed by atoms with E-state index in [1.54, 1.807) is 11.9 Å². The number of nitrogens with zero attached hydrogens (tertiary/aromatic N) is 2. The van der Waals surface area contributed by atoms with Gasteiger partial charge in [0.2, 0.25) is 5.91 Å². The fraction of sp³-hybridized carbons (Fsp3) is 0.385. The van der Waals surface area contributed by atoms with E-state index in [1.165, 1.54) is 17.4 Å². The molecule has 8 heteroatoms. The summed E-state index contributed by atoms with van der Waals surface area (Å²) in [6.45, 7) is 2.51. The lowest BCUT2D eigenvalue weighted by atomic mass is 10.2. The number of alkyl halides is 3. The third-order valence-electron chi connectivity index (χ3n) is 3.01. The Morgan fingerprint density at radius 3 is 2.76 bits per heavy atom. The normalized spacial score (nSPS) is 11.7. The molecule has 2 aromatic rings. The van der Waals surface area contributed by atoms with Gasteiger partial charge in [-0.05, 0) is 25.1 Å². The van der Waals surface area contributed by atoms with Gasteiger partial charge in [-0.3, -0.25) is 4.79 Å². The van der Waals surface area contributed by atoms with Gasteiger partial charge in [0.25, 0.3) is 0 Å². The van der Waals surface area contributed by atoms with Crippen LogP contribution >= 0.6 is 11.3 Å². The van der Waals surface area contributed by atoms with E-state index in [-0.39, 0.29) is 18.0 Å². The van der Waals surface area contributed by atoms with Gasteiger partial charge in [0, 0.05) is 13.6 Å². The van der Waals surface area contributed by atoms with Gasteiger partial charge < -0.3 is 10.2 Å². The molecule has 21 heavy (non-hydrogen) atoms. The topological polar surface area (TPSA) is 45.2 Å². The number of benzene rings is 1. The summed E-state index contributed by atoms with van der Waals surface area (Å²) in [6.07, 6.45) is -4.38. The Hall–Kier alpha value is -1.83. The Labute approximate surface area is 123 Å². The Balaban J connectivity index is 2.14. The van der Waals surface area contributed by atoms with Crippen molar-refractivity contribution in [3.8, 4) is 0 Å². The lowest BCUT2D eigenvalue weighted by molar-refractivity contribution is -0.137. The summed E-state index contributed by atoms with van der Waals surface area (Å²) in [7, 11) is 1.68. The first kappa shape index (κ1) is 15.6. The number of hydrogen-bond acceptors (Lipinski definition) is 4. The van der Waals surface area contributed by atoms with Crippen LogP contribution in [0.1, 0.15) is 12.5 Å². The van der Waals surface area contributed by atoms with Crippen LogP contribution in [0.5, 0.6) is 0 Å². The van der Waals surface area contributed by atoms with Crippen LogP contribution in [0.3, 0.4) is 0 Å². The van der Waals surface area contributed by atoms with Crippen molar-refractivity contribution in [2.75, 3.05) is 25.5 Å². The van der Waals surface area contributed by atoms with Crippen LogP contribution in [-0.2, 0) is 11.0 Å². The highest BCUT2D eigenvalue weighted by molar-refractivity contribution is 7.22. The third kappa shape index (κ3) is 3.63. The predicted octanol–water partition coefficient (Wildman–Crippen LogP) is 3.21. The van der Waals surface area contributed by atoms with Crippen molar-refractivity contribution in [2.24, 2.45) is 0 Å². The molecule has 2 rings (SSSR count). The Bertz CT molecular complexity index is 654. The molecule has 0 fully saturated rings. The highest BCUT2D eigenvalue weighted by atomic mass is 32.1. The average Bonchev–Trinajstić information content (AvgIpc) is 2.84.